The maximum Gasteiger partial charge on any atom is 0.305 e. The molecule has 1 aliphatic carbocycles. The van der Waals surface area contributed by atoms with E-state index in [-0.39, 0.29) is 12.3 Å². The molecule has 1 aromatic heterocycles. The first-order valence-electron chi connectivity index (χ1n) is 6.67. The van der Waals surface area contributed by atoms with E-state index in [4.69, 9.17) is 9.52 Å². The number of rotatable bonds is 5. The first-order chi connectivity index (χ1) is 9.06. The Labute approximate surface area is 112 Å². The van der Waals surface area contributed by atoms with Crippen molar-refractivity contribution >= 4 is 11.9 Å². The molecule has 0 aliphatic heterocycles. The molecule has 0 bridgehead atoms. The van der Waals surface area contributed by atoms with E-state index in [0.717, 1.165) is 25.7 Å². The van der Waals surface area contributed by atoms with Crippen molar-refractivity contribution in [2.24, 2.45) is 0 Å². The topological polar surface area (TPSA) is 79.5 Å². The highest BCUT2D eigenvalue weighted by molar-refractivity contribution is 5.96. The summed E-state index contributed by atoms with van der Waals surface area (Å²) in [4.78, 5) is 23.2. The zero-order valence-electron chi connectivity index (χ0n) is 11.1. The van der Waals surface area contributed by atoms with Crippen LogP contribution in [-0.2, 0) is 11.2 Å². The molecule has 0 spiro atoms. The molecule has 0 atom stereocenters. The predicted octanol–water partition coefficient (Wildman–Crippen LogP) is 2.36. The summed E-state index contributed by atoms with van der Waals surface area (Å²) in [6.45, 7) is 1.91. The molecule has 0 aromatic carbocycles. The number of furan rings is 1. The molecule has 0 radical (unpaired) electrons. The lowest BCUT2D eigenvalue weighted by Gasteiger charge is -2.28. The number of aliphatic carboxylic acids is 1. The number of carbonyl (C=O) groups excluding carboxylic acids is 1. The van der Waals surface area contributed by atoms with Gasteiger partial charge in [0, 0.05) is 6.42 Å². The molecule has 2 rings (SSSR count). The number of carboxylic acids is 1. The van der Waals surface area contributed by atoms with Crippen molar-refractivity contribution in [3.05, 3.63) is 23.7 Å². The number of hydrogen-bond acceptors (Lipinski definition) is 3. The second-order valence-electron chi connectivity index (χ2n) is 5.12. The Bertz CT molecular complexity index is 472. The smallest absolute Gasteiger partial charge is 0.305 e. The van der Waals surface area contributed by atoms with Crippen LogP contribution in [0.1, 0.15) is 55.1 Å². The van der Waals surface area contributed by atoms with E-state index in [1.165, 1.54) is 6.26 Å². The standard InChI is InChI=1S/C14H19NO4/c1-2-11-10(5-8-19-11)13(18)15-14(9-12(16)17)6-3-4-7-14/h5,8H,2-4,6-7,9H2,1H3,(H,15,18)(H,16,17). The van der Waals surface area contributed by atoms with E-state index in [1.807, 2.05) is 6.92 Å². The van der Waals surface area contributed by atoms with E-state index in [9.17, 15) is 9.59 Å². The van der Waals surface area contributed by atoms with Crippen molar-refractivity contribution < 1.29 is 19.1 Å². The number of hydrogen-bond donors (Lipinski definition) is 2. The molecule has 2 N–H and O–H groups in total. The van der Waals surface area contributed by atoms with Crippen molar-refractivity contribution in [1.29, 1.82) is 0 Å². The van der Waals surface area contributed by atoms with Crippen molar-refractivity contribution in [2.45, 2.75) is 51.0 Å². The lowest BCUT2D eigenvalue weighted by atomic mass is 9.92. The van der Waals surface area contributed by atoms with Crippen LogP contribution >= 0.6 is 0 Å². The molecule has 1 saturated carbocycles. The maximum atomic E-state index is 12.3. The molecular weight excluding hydrogens is 246 g/mol. The number of aryl methyl sites for hydroxylation is 1. The Morgan fingerprint density at radius 1 is 1.42 bits per heavy atom. The van der Waals surface area contributed by atoms with Crippen LogP contribution in [0.4, 0.5) is 0 Å². The first-order valence-corrected chi connectivity index (χ1v) is 6.67. The molecule has 1 fully saturated rings. The van der Waals surface area contributed by atoms with Gasteiger partial charge in [0.05, 0.1) is 23.8 Å². The van der Waals surface area contributed by atoms with Crippen LogP contribution in [0.3, 0.4) is 0 Å². The highest BCUT2D eigenvalue weighted by Crippen LogP contribution is 2.33. The minimum absolute atomic E-state index is 0.0158. The summed E-state index contributed by atoms with van der Waals surface area (Å²) in [6, 6.07) is 1.64. The molecular formula is C14H19NO4. The second kappa shape index (κ2) is 5.47. The molecule has 5 heteroatoms. The fourth-order valence-electron chi connectivity index (χ4n) is 2.81. The summed E-state index contributed by atoms with van der Waals surface area (Å²) in [5, 5.41) is 11.9. The van der Waals surface area contributed by atoms with E-state index in [1.54, 1.807) is 6.07 Å². The molecule has 0 saturated heterocycles. The Hall–Kier alpha value is -1.78. The van der Waals surface area contributed by atoms with Gasteiger partial charge in [-0.1, -0.05) is 19.8 Å². The monoisotopic (exact) mass is 265 g/mol. The minimum Gasteiger partial charge on any atom is -0.481 e. The maximum absolute atomic E-state index is 12.3. The zero-order valence-corrected chi connectivity index (χ0v) is 11.1. The van der Waals surface area contributed by atoms with Gasteiger partial charge in [0.2, 0.25) is 0 Å². The number of nitrogens with one attached hydrogen (secondary N) is 1. The Balaban J connectivity index is 2.13. The van der Waals surface area contributed by atoms with Crippen LogP contribution in [0.25, 0.3) is 0 Å². The molecule has 1 amide bonds. The van der Waals surface area contributed by atoms with Gasteiger partial charge in [-0.2, -0.15) is 0 Å². The van der Waals surface area contributed by atoms with Gasteiger partial charge in [-0.15, -0.1) is 0 Å². The molecule has 0 unspecified atom stereocenters. The van der Waals surface area contributed by atoms with Crippen LogP contribution in [0, 0.1) is 0 Å². The molecule has 104 valence electrons. The van der Waals surface area contributed by atoms with Gasteiger partial charge in [-0.25, -0.2) is 0 Å². The van der Waals surface area contributed by atoms with Crippen LogP contribution in [0.2, 0.25) is 0 Å². The normalized spacial score (nSPS) is 17.3. The number of amides is 1. The third-order valence-corrected chi connectivity index (χ3v) is 3.74. The van der Waals surface area contributed by atoms with Gasteiger partial charge < -0.3 is 14.8 Å². The SMILES string of the molecule is CCc1occc1C(=O)NC1(CC(=O)O)CCCC1. The van der Waals surface area contributed by atoms with E-state index in [2.05, 4.69) is 5.32 Å². The molecule has 1 aromatic rings. The third-order valence-electron chi connectivity index (χ3n) is 3.74. The summed E-state index contributed by atoms with van der Waals surface area (Å²) >= 11 is 0. The number of carboxylic acid groups (broad SMARTS) is 1. The number of carbonyl (C=O) groups is 2. The summed E-state index contributed by atoms with van der Waals surface area (Å²) < 4.78 is 5.24. The average molecular weight is 265 g/mol. The largest absolute Gasteiger partial charge is 0.481 e. The fraction of sp³-hybridized carbons (Fsp3) is 0.571. The van der Waals surface area contributed by atoms with Gasteiger partial charge in [0.25, 0.3) is 5.91 Å². The summed E-state index contributed by atoms with van der Waals surface area (Å²) in [6.07, 6.45) is 5.49. The first kappa shape index (κ1) is 13.6. The highest BCUT2D eigenvalue weighted by Gasteiger charge is 2.38. The average Bonchev–Trinajstić information content (AvgIpc) is 2.96. The third kappa shape index (κ3) is 2.97. The summed E-state index contributed by atoms with van der Waals surface area (Å²) in [5.74, 6) is -0.458. The van der Waals surface area contributed by atoms with E-state index in [0.29, 0.717) is 17.7 Å². The van der Waals surface area contributed by atoms with Crippen molar-refractivity contribution in [3.63, 3.8) is 0 Å². The van der Waals surface area contributed by atoms with E-state index < -0.39 is 11.5 Å². The van der Waals surface area contributed by atoms with E-state index >= 15 is 0 Å². The van der Waals surface area contributed by atoms with Crippen molar-refractivity contribution in [3.8, 4) is 0 Å². The minimum atomic E-state index is -0.870. The lowest BCUT2D eigenvalue weighted by Crippen LogP contribution is -2.47. The van der Waals surface area contributed by atoms with Gasteiger partial charge >= 0.3 is 5.97 Å². The summed E-state index contributed by atoms with van der Waals surface area (Å²) in [7, 11) is 0. The molecule has 19 heavy (non-hydrogen) atoms. The second-order valence-corrected chi connectivity index (χ2v) is 5.12. The van der Waals surface area contributed by atoms with Crippen LogP contribution in [-0.4, -0.2) is 22.5 Å². The van der Waals surface area contributed by atoms with Crippen molar-refractivity contribution in [1.82, 2.24) is 5.32 Å². The zero-order chi connectivity index (χ0) is 13.9. The predicted molar refractivity (Wildman–Crippen MR) is 69.0 cm³/mol. The van der Waals surface area contributed by atoms with Gasteiger partial charge in [-0.05, 0) is 18.9 Å². The van der Waals surface area contributed by atoms with Crippen LogP contribution in [0.5, 0.6) is 0 Å². The van der Waals surface area contributed by atoms with Crippen molar-refractivity contribution in [2.75, 3.05) is 0 Å². The molecule has 1 aliphatic rings. The fourth-order valence-corrected chi connectivity index (χ4v) is 2.81. The lowest BCUT2D eigenvalue weighted by molar-refractivity contribution is -0.138. The Morgan fingerprint density at radius 2 is 2.11 bits per heavy atom. The van der Waals surface area contributed by atoms with Gasteiger partial charge in [-0.3, -0.25) is 9.59 Å². The highest BCUT2D eigenvalue weighted by atomic mass is 16.4. The molecule has 5 nitrogen and oxygen atoms in total. The van der Waals surface area contributed by atoms with Crippen LogP contribution in [0.15, 0.2) is 16.7 Å². The summed E-state index contributed by atoms with van der Waals surface area (Å²) in [5.41, 5.74) is -0.0790. The quantitative estimate of drug-likeness (QED) is 0.856. The van der Waals surface area contributed by atoms with Gasteiger partial charge in [0.15, 0.2) is 0 Å². The van der Waals surface area contributed by atoms with Gasteiger partial charge in [0.1, 0.15) is 5.76 Å². The Morgan fingerprint density at radius 3 is 2.68 bits per heavy atom. The molecule has 1 heterocycles. The Kier molecular flexibility index (Phi) is 3.93. The van der Waals surface area contributed by atoms with Crippen LogP contribution < -0.4 is 5.32 Å².